The largest absolute Gasteiger partial charge is 0.495 e. The third-order valence-corrected chi connectivity index (χ3v) is 6.98. The molecular weight excluding hydrogens is 500 g/mol. The van der Waals surface area contributed by atoms with Gasteiger partial charge >= 0.3 is 0 Å². The Labute approximate surface area is 229 Å². The molecular formula is C32H24N6O2. The summed E-state index contributed by atoms with van der Waals surface area (Å²) < 4.78 is 13.6. The minimum atomic E-state index is 0.620. The molecule has 0 saturated heterocycles. The number of para-hydroxylation sites is 1. The van der Waals surface area contributed by atoms with Crippen LogP contribution in [0.5, 0.6) is 17.2 Å². The van der Waals surface area contributed by atoms with Crippen molar-refractivity contribution in [1.82, 2.24) is 24.7 Å². The molecule has 0 aliphatic carbocycles. The molecule has 7 aromatic rings. The van der Waals surface area contributed by atoms with E-state index in [-0.39, 0.29) is 0 Å². The van der Waals surface area contributed by atoms with Crippen LogP contribution in [0.15, 0.2) is 103 Å². The van der Waals surface area contributed by atoms with E-state index in [1.807, 2.05) is 54.6 Å². The predicted octanol–water partition coefficient (Wildman–Crippen LogP) is 7.28. The van der Waals surface area contributed by atoms with Gasteiger partial charge in [-0.15, -0.1) is 10.2 Å². The van der Waals surface area contributed by atoms with Gasteiger partial charge in [-0.05, 0) is 36.4 Å². The number of aryl methyl sites for hydroxylation is 1. The Morgan fingerprint density at radius 3 is 2.40 bits per heavy atom. The van der Waals surface area contributed by atoms with Gasteiger partial charge in [0.2, 0.25) is 0 Å². The first kappa shape index (κ1) is 23.6. The van der Waals surface area contributed by atoms with Gasteiger partial charge < -0.3 is 19.4 Å². The highest BCUT2D eigenvalue weighted by Gasteiger charge is 2.15. The summed E-state index contributed by atoms with van der Waals surface area (Å²) in [7, 11) is 3.66. The Balaban J connectivity index is 1.18. The molecule has 1 N–H and O–H groups in total. The van der Waals surface area contributed by atoms with Gasteiger partial charge in [0.25, 0.3) is 0 Å². The summed E-state index contributed by atoms with van der Waals surface area (Å²) in [5, 5.41) is 15.9. The number of anilines is 2. The van der Waals surface area contributed by atoms with Gasteiger partial charge in [-0.1, -0.05) is 42.5 Å². The summed E-state index contributed by atoms with van der Waals surface area (Å²) in [6.07, 6.45) is 3.35. The van der Waals surface area contributed by atoms with Crippen molar-refractivity contribution in [3.8, 4) is 28.6 Å². The highest BCUT2D eigenvalue weighted by Crippen LogP contribution is 2.34. The summed E-state index contributed by atoms with van der Waals surface area (Å²) in [5.41, 5.74) is 5.26. The molecule has 0 saturated carbocycles. The maximum absolute atomic E-state index is 6.14. The zero-order chi connectivity index (χ0) is 27.1. The van der Waals surface area contributed by atoms with Crippen molar-refractivity contribution in [3.05, 3.63) is 103 Å². The number of rotatable bonds is 6. The van der Waals surface area contributed by atoms with Crippen LogP contribution in [0.4, 0.5) is 11.5 Å². The van der Waals surface area contributed by atoms with Crippen LogP contribution in [0.3, 0.4) is 0 Å². The number of pyridine rings is 2. The lowest BCUT2D eigenvalue weighted by molar-refractivity contribution is 0.413. The summed E-state index contributed by atoms with van der Waals surface area (Å²) in [6.45, 7) is 0. The highest BCUT2D eigenvalue weighted by molar-refractivity contribution is 6.02. The molecule has 4 aromatic heterocycles. The summed E-state index contributed by atoms with van der Waals surface area (Å²) in [4.78, 5) is 8.83. The molecule has 0 radical (unpaired) electrons. The SMILES string of the molecule is COc1cnc2c(Oc3ccc(Nc4nnc(-c5cc6ccccc6n5C)c5ccccc45)cc3)ccnc2c1. The van der Waals surface area contributed by atoms with Gasteiger partial charge in [-0.2, -0.15) is 0 Å². The van der Waals surface area contributed by atoms with Crippen LogP contribution in [0, 0.1) is 0 Å². The molecule has 0 aliphatic rings. The third kappa shape index (κ3) is 4.12. The van der Waals surface area contributed by atoms with E-state index in [0.717, 1.165) is 33.4 Å². The molecule has 0 amide bonds. The van der Waals surface area contributed by atoms with Gasteiger partial charge in [0, 0.05) is 52.7 Å². The molecule has 8 nitrogen and oxygen atoms in total. The Hall–Kier alpha value is -5.50. The van der Waals surface area contributed by atoms with E-state index in [4.69, 9.17) is 9.47 Å². The number of benzene rings is 3. The molecule has 3 aromatic carbocycles. The standard InChI is InChI=1S/C32H24N6O2/c1-38-27-10-6-3-7-20(27)17-28(38)30-24-8-4-5-9-25(24)32(37-36-30)35-21-11-13-22(14-12-21)40-29-15-16-33-26-18-23(39-2)19-34-31(26)29/h3-19H,1-2H3,(H,35,37). The van der Waals surface area contributed by atoms with Gasteiger partial charge in [-0.25, -0.2) is 4.98 Å². The number of hydrogen-bond acceptors (Lipinski definition) is 7. The number of nitrogens with zero attached hydrogens (tertiary/aromatic N) is 5. The molecule has 0 bridgehead atoms. The summed E-state index contributed by atoms with van der Waals surface area (Å²) >= 11 is 0. The monoisotopic (exact) mass is 524 g/mol. The van der Waals surface area contributed by atoms with Crippen molar-refractivity contribution < 1.29 is 9.47 Å². The lowest BCUT2D eigenvalue weighted by Crippen LogP contribution is -2.01. The van der Waals surface area contributed by atoms with Gasteiger partial charge in [0.15, 0.2) is 11.6 Å². The van der Waals surface area contributed by atoms with Crippen molar-refractivity contribution in [2.75, 3.05) is 12.4 Å². The van der Waals surface area contributed by atoms with E-state index in [1.165, 1.54) is 5.39 Å². The van der Waals surface area contributed by atoms with Crippen LogP contribution in [-0.2, 0) is 7.05 Å². The summed E-state index contributed by atoms with van der Waals surface area (Å²) in [6, 6.07) is 30.0. The van der Waals surface area contributed by atoms with Gasteiger partial charge in [0.1, 0.15) is 22.7 Å². The van der Waals surface area contributed by atoms with E-state index >= 15 is 0 Å². The number of aromatic nitrogens is 5. The maximum Gasteiger partial charge on any atom is 0.161 e. The average molecular weight is 525 g/mol. The van der Waals surface area contributed by atoms with Crippen LogP contribution in [-0.4, -0.2) is 31.8 Å². The molecule has 8 heteroatoms. The smallest absolute Gasteiger partial charge is 0.161 e. The van der Waals surface area contributed by atoms with Crippen molar-refractivity contribution in [2.45, 2.75) is 0 Å². The number of fused-ring (bicyclic) bond motifs is 3. The second kappa shape index (κ2) is 9.67. The van der Waals surface area contributed by atoms with E-state index in [0.29, 0.717) is 34.1 Å². The lowest BCUT2D eigenvalue weighted by atomic mass is 10.1. The van der Waals surface area contributed by atoms with Crippen molar-refractivity contribution in [2.24, 2.45) is 7.05 Å². The topological polar surface area (TPSA) is 87.0 Å². The van der Waals surface area contributed by atoms with Crippen LogP contribution in [0.1, 0.15) is 0 Å². The lowest BCUT2D eigenvalue weighted by Gasteiger charge is -2.13. The van der Waals surface area contributed by atoms with Gasteiger partial charge in [0.05, 0.1) is 24.5 Å². The third-order valence-electron chi connectivity index (χ3n) is 6.98. The molecule has 0 atom stereocenters. The number of hydrogen-bond donors (Lipinski definition) is 1. The second-order valence-electron chi connectivity index (χ2n) is 9.39. The maximum atomic E-state index is 6.14. The number of ether oxygens (including phenoxy) is 2. The fourth-order valence-corrected chi connectivity index (χ4v) is 4.95. The predicted molar refractivity (Wildman–Crippen MR) is 157 cm³/mol. The Morgan fingerprint density at radius 2 is 1.57 bits per heavy atom. The molecule has 0 fully saturated rings. The van der Waals surface area contributed by atoms with Crippen LogP contribution < -0.4 is 14.8 Å². The fraction of sp³-hybridized carbons (Fsp3) is 0.0625. The van der Waals surface area contributed by atoms with Crippen LogP contribution in [0.2, 0.25) is 0 Å². The molecule has 0 aliphatic heterocycles. The molecule has 0 unspecified atom stereocenters. The molecule has 0 spiro atoms. The normalized spacial score (nSPS) is 11.2. The minimum Gasteiger partial charge on any atom is -0.495 e. The average Bonchev–Trinajstić information content (AvgIpc) is 3.34. The second-order valence-corrected chi connectivity index (χ2v) is 9.39. The van der Waals surface area contributed by atoms with E-state index < -0.39 is 0 Å². The van der Waals surface area contributed by atoms with Crippen LogP contribution >= 0.6 is 0 Å². The van der Waals surface area contributed by atoms with Crippen molar-refractivity contribution >= 4 is 44.2 Å². The number of nitrogens with one attached hydrogen (secondary N) is 1. The van der Waals surface area contributed by atoms with E-state index in [2.05, 4.69) is 67.4 Å². The minimum absolute atomic E-state index is 0.620. The number of methoxy groups -OCH3 is 1. The van der Waals surface area contributed by atoms with E-state index in [1.54, 1.807) is 25.6 Å². The van der Waals surface area contributed by atoms with Gasteiger partial charge in [-0.3, -0.25) is 4.98 Å². The molecule has 194 valence electrons. The molecule has 40 heavy (non-hydrogen) atoms. The summed E-state index contributed by atoms with van der Waals surface area (Å²) in [5.74, 6) is 2.63. The zero-order valence-corrected chi connectivity index (χ0v) is 21.9. The van der Waals surface area contributed by atoms with Crippen molar-refractivity contribution in [3.63, 3.8) is 0 Å². The zero-order valence-electron chi connectivity index (χ0n) is 21.9. The Bertz CT molecular complexity index is 2020. The molecule has 7 rings (SSSR count). The first-order valence-corrected chi connectivity index (χ1v) is 12.8. The first-order chi connectivity index (χ1) is 19.7. The highest BCUT2D eigenvalue weighted by atomic mass is 16.5. The van der Waals surface area contributed by atoms with E-state index in [9.17, 15) is 0 Å². The Kier molecular flexibility index (Phi) is 5.70. The van der Waals surface area contributed by atoms with Crippen LogP contribution in [0.25, 0.3) is 44.1 Å². The fourth-order valence-electron chi connectivity index (χ4n) is 4.95. The first-order valence-electron chi connectivity index (χ1n) is 12.8. The molecule has 4 heterocycles. The quantitative estimate of drug-likeness (QED) is 0.245. The van der Waals surface area contributed by atoms with Crippen molar-refractivity contribution in [1.29, 1.82) is 0 Å². The Morgan fingerprint density at radius 1 is 0.775 bits per heavy atom.